The highest BCUT2D eigenvalue weighted by atomic mass is 16.2. The van der Waals surface area contributed by atoms with Gasteiger partial charge in [0.2, 0.25) is 0 Å². The van der Waals surface area contributed by atoms with Gasteiger partial charge in [0.05, 0.1) is 5.56 Å². The summed E-state index contributed by atoms with van der Waals surface area (Å²) in [4.78, 5) is 18.7. The van der Waals surface area contributed by atoms with E-state index in [-0.39, 0.29) is 5.91 Å². The summed E-state index contributed by atoms with van der Waals surface area (Å²) in [5.41, 5.74) is 0.638. The van der Waals surface area contributed by atoms with E-state index < -0.39 is 0 Å². The zero-order valence-electron chi connectivity index (χ0n) is 12.3. The lowest BCUT2D eigenvalue weighted by Gasteiger charge is -2.31. The first-order chi connectivity index (χ1) is 10.3. The van der Waals surface area contributed by atoms with Crippen LogP contribution in [0.1, 0.15) is 42.5 Å². The van der Waals surface area contributed by atoms with E-state index in [2.05, 4.69) is 10.1 Å². The van der Waals surface area contributed by atoms with Crippen LogP contribution in [-0.4, -0.2) is 38.7 Å². The summed E-state index contributed by atoms with van der Waals surface area (Å²) >= 11 is 0. The molecule has 0 unspecified atom stereocenters. The van der Waals surface area contributed by atoms with E-state index in [0.717, 1.165) is 18.7 Å². The molecule has 0 bridgehead atoms. The van der Waals surface area contributed by atoms with E-state index >= 15 is 0 Å². The van der Waals surface area contributed by atoms with Crippen LogP contribution < -0.4 is 0 Å². The van der Waals surface area contributed by atoms with E-state index in [0.29, 0.717) is 11.6 Å². The minimum Gasteiger partial charge on any atom is -0.339 e. The number of carbonyl (C=O) groups excluding carboxylic acids is 1. The smallest absolute Gasteiger partial charge is 0.255 e. The van der Waals surface area contributed by atoms with Crippen LogP contribution in [0.25, 0.3) is 5.82 Å². The number of aromatic nitrogens is 3. The molecule has 0 saturated heterocycles. The third kappa shape index (κ3) is 2.96. The lowest BCUT2D eigenvalue weighted by molar-refractivity contribution is 0.0696. The first kappa shape index (κ1) is 13.8. The van der Waals surface area contributed by atoms with Gasteiger partial charge >= 0.3 is 0 Å². The lowest BCUT2D eigenvalue weighted by atomic mass is 9.94. The van der Waals surface area contributed by atoms with Gasteiger partial charge in [-0.3, -0.25) is 4.79 Å². The molecule has 3 rings (SSSR count). The maximum Gasteiger partial charge on any atom is 0.255 e. The molecule has 5 nitrogen and oxygen atoms in total. The summed E-state index contributed by atoms with van der Waals surface area (Å²) < 4.78 is 1.68. The van der Waals surface area contributed by atoms with Crippen LogP contribution in [0.5, 0.6) is 0 Å². The van der Waals surface area contributed by atoms with Crippen molar-refractivity contribution in [2.75, 3.05) is 7.05 Å². The monoisotopic (exact) mass is 284 g/mol. The molecule has 0 atom stereocenters. The van der Waals surface area contributed by atoms with Crippen molar-refractivity contribution in [2.24, 2.45) is 0 Å². The Labute approximate surface area is 124 Å². The Morgan fingerprint density at radius 1 is 1.29 bits per heavy atom. The summed E-state index contributed by atoms with van der Waals surface area (Å²) in [6, 6.07) is 5.87. The van der Waals surface area contributed by atoms with Gasteiger partial charge < -0.3 is 4.90 Å². The lowest BCUT2D eigenvalue weighted by Crippen LogP contribution is -2.38. The zero-order chi connectivity index (χ0) is 14.7. The Morgan fingerprint density at radius 2 is 2.10 bits per heavy atom. The van der Waals surface area contributed by atoms with Gasteiger partial charge in [-0.2, -0.15) is 5.10 Å². The van der Waals surface area contributed by atoms with Gasteiger partial charge in [0.15, 0.2) is 5.82 Å². The number of hydrogen-bond donors (Lipinski definition) is 0. The van der Waals surface area contributed by atoms with Crippen LogP contribution in [0.4, 0.5) is 0 Å². The fourth-order valence-electron chi connectivity index (χ4n) is 2.89. The van der Waals surface area contributed by atoms with Crippen LogP contribution in [0.2, 0.25) is 0 Å². The van der Waals surface area contributed by atoms with Gasteiger partial charge in [-0.05, 0) is 31.0 Å². The van der Waals surface area contributed by atoms with Crippen molar-refractivity contribution in [3.05, 3.63) is 42.4 Å². The second-order valence-electron chi connectivity index (χ2n) is 5.56. The number of rotatable bonds is 3. The summed E-state index contributed by atoms with van der Waals surface area (Å²) in [6.07, 6.45) is 11.1. The molecule has 1 aliphatic rings. The van der Waals surface area contributed by atoms with Gasteiger partial charge in [0.1, 0.15) is 0 Å². The van der Waals surface area contributed by atoms with Crippen molar-refractivity contribution >= 4 is 5.91 Å². The predicted octanol–water partition coefficient (Wildman–Crippen LogP) is 2.67. The molecule has 0 aromatic carbocycles. The first-order valence-electron chi connectivity index (χ1n) is 7.49. The second kappa shape index (κ2) is 6.08. The number of pyridine rings is 1. The van der Waals surface area contributed by atoms with E-state index in [9.17, 15) is 4.79 Å². The SMILES string of the molecule is CN(C(=O)c1ccc(-n2cccn2)nc1)C1CCCCC1. The maximum atomic E-state index is 12.5. The molecule has 1 fully saturated rings. The first-order valence-corrected chi connectivity index (χ1v) is 7.49. The highest BCUT2D eigenvalue weighted by molar-refractivity contribution is 5.94. The standard InChI is InChI=1S/C16H20N4O/c1-19(14-6-3-2-4-7-14)16(21)13-8-9-15(17-12-13)20-11-5-10-18-20/h5,8-12,14H,2-4,6-7H2,1H3. The van der Waals surface area contributed by atoms with Crippen molar-refractivity contribution in [1.29, 1.82) is 0 Å². The molecule has 0 aliphatic heterocycles. The van der Waals surface area contributed by atoms with Crippen molar-refractivity contribution in [3.63, 3.8) is 0 Å². The minimum absolute atomic E-state index is 0.0569. The molecule has 0 N–H and O–H groups in total. The Kier molecular flexibility index (Phi) is 3.99. The van der Waals surface area contributed by atoms with Crippen LogP contribution >= 0.6 is 0 Å². The molecule has 21 heavy (non-hydrogen) atoms. The number of amides is 1. The molecule has 110 valence electrons. The molecular weight excluding hydrogens is 264 g/mol. The van der Waals surface area contributed by atoms with E-state index in [1.54, 1.807) is 17.1 Å². The molecular formula is C16H20N4O. The molecule has 2 heterocycles. The Balaban J connectivity index is 1.72. The Hall–Kier alpha value is -2.17. The molecule has 2 aromatic heterocycles. The summed E-state index contributed by atoms with van der Waals surface area (Å²) in [5.74, 6) is 0.776. The van der Waals surface area contributed by atoms with E-state index in [1.807, 2.05) is 36.3 Å². The molecule has 1 aliphatic carbocycles. The largest absolute Gasteiger partial charge is 0.339 e. The highest BCUT2D eigenvalue weighted by Gasteiger charge is 2.23. The van der Waals surface area contributed by atoms with Crippen LogP contribution in [0.15, 0.2) is 36.8 Å². The van der Waals surface area contributed by atoms with Crippen LogP contribution in [0.3, 0.4) is 0 Å². The quantitative estimate of drug-likeness (QED) is 0.870. The van der Waals surface area contributed by atoms with Crippen molar-refractivity contribution in [2.45, 2.75) is 38.1 Å². The van der Waals surface area contributed by atoms with E-state index in [1.165, 1.54) is 19.3 Å². The number of carbonyl (C=O) groups is 1. The van der Waals surface area contributed by atoms with Crippen molar-refractivity contribution in [3.8, 4) is 5.82 Å². The molecule has 5 heteroatoms. The topological polar surface area (TPSA) is 51.0 Å². The molecule has 1 saturated carbocycles. The van der Waals surface area contributed by atoms with Gasteiger partial charge in [0.25, 0.3) is 5.91 Å². The molecule has 1 amide bonds. The zero-order valence-corrected chi connectivity index (χ0v) is 12.3. The normalized spacial score (nSPS) is 15.9. The molecule has 0 radical (unpaired) electrons. The fraction of sp³-hybridized carbons (Fsp3) is 0.438. The third-order valence-electron chi connectivity index (χ3n) is 4.18. The van der Waals surface area contributed by atoms with Crippen LogP contribution in [0, 0.1) is 0 Å². The second-order valence-corrected chi connectivity index (χ2v) is 5.56. The average molecular weight is 284 g/mol. The Morgan fingerprint density at radius 3 is 2.71 bits per heavy atom. The van der Waals surface area contributed by atoms with Crippen molar-refractivity contribution < 1.29 is 4.79 Å². The number of nitrogens with zero attached hydrogens (tertiary/aromatic N) is 4. The molecule has 2 aromatic rings. The number of hydrogen-bond acceptors (Lipinski definition) is 3. The van der Waals surface area contributed by atoms with Crippen molar-refractivity contribution in [1.82, 2.24) is 19.7 Å². The highest BCUT2D eigenvalue weighted by Crippen LogP contribution is 2.22. The summed E-state index contributed by atoms with van der Waals surface area (Å²) in [7, 11) is 1.90. The Bertz CT molecular complexity index is 585. The summed E-state index contributed by atoms with van der Waals surface area (Å²) in [6.45, 7) is 0. The third-order valence-corrected chi connectivity index (χ3v) is 4.18. The van der Waals surface area contributed by atoms with Gasteiger partial charge in [-0.1, -0.05) is 19.3 Å². The van der Waals surface area contributed by atoms with E-state index in [4.69, 9.17) is 0 Å². The minimum atomic E-state index is 0.0569. The van der Waals surface area contributed by atoms with Gasteiger partial charge in [-0.25, -0.2) is 9.67 Å². The maximum absolute atomic E-state index is 12.5. The average Bonchev–Trinajstić information content (AvgIpc) is 3.09. The van der Waals surface area contributed by atoms with Gasteiger partial charge in [0, 0.05) is 31.7 Å². The summed E-state index contributed by atoms with van der Waals surface area (Å²) in [5, 5.41) is 4.13. The van der Waals surface area contributed by atoms with Crippen LogP contribution in [-0.2, 0) is 0 Å². The fourth-order valence-corrected chi connectivity index (χ4v) is 2.89. The predicted molar refractivity (Wildman–Crippen MR) is 80.3 cm³/mol. The van der Waals surface area contributed by atoms with Gasteiger partial charge in [-0.15, -0.1) is 0 Å². The molecule has 0 spiro atoms.